The number of nitrogens with one attached hydrogen (secondary N) is 1. The molecule has 0 radical (unpaired) electrons. The van der Waals surface area contributed by atoms with Crippen LogP contribution in [0.5, 0.6) is 0 Å². The third kappa shape index (κ3) is 3.04. The Balaban J connectivity index is 1.68. The number of imide groups is 1. The van der Waals surface area contributed by atoms with E-state index in [-0.39, 0.29) is 36.1 Å². The number of amides is 3. The Morgan fingerprint density at radius 3 is 2.09 bits per heavy atom. The molecule has 0 saturated carbocycles. The van der Waals surface area contributed by atoms with E-state index in [1.165, 1.54) is 0 Å². The maximum absolute atomic E-state index is 12.3. The van der Waals surface area contributed by atoms with Gasteiger partial charge in [0.15, 0.2) is 0 Å². The van der Waals surface area contributed by atoms with Crippen molar-refractivity contribution in [2.75, 3.05) is 11.9 Å². The quantitative estimate of drug-likeness (QED) is 0.687. The van der Waals surface area contributed by atoms with Crippen molar-refractivity contribution in [3.05, 3.63) is 41.5 Å². The number of fused-ring (bicyclic) bond motifs is 1. The highest BCUT2D eigenvalue weighted by Crippen LogP contribution is 2.34. The van der Waals surface area contributed by atoms with Gasteiger partial charge in [-0.05, 0) is 49.9 Å². The van der Waals surface area contributed by atoms with Gasteiger partial charge in [-0.2, -0.15) is 0 Å². The van der Waals surface area contributed by atoms with Gasteiger partial charge in [-0.3, -0.25) is 19.3 Å². The molecule has 1 aromatic rings. The van der Waals surface area contributed by atoms with Crippen LogP contribution < -0.4 is 5.32 Å². The zero-order valence-corrected chi connectivity index (χ0v) is 13.3. The van der Waals surface area contributed by atoms with Crippen LogP contribution in [0.15, 0.2) is 30.4 Å². The molecule has 2 atom stereocenters. The van der Waals surface area contributed by atoms with Crippen LogP contribution in [-0.4, -0.2) is 29.2 Å². The molecule has 1 aliphatic heterocycles. The molecule has 1 heterocycles. The number of nitrogens with zero attached hydrogens (tertiary/aromatic N) is 1. The predicted octanol–water partition coefficient (Wildman–Crippen LogP) is 2.19. The van der Waals surface area contributed by atoms with Crippen molar-refractivity contribution in [3.63, 3.8) is 0 Å². The normalized spacial score (nSPS) is 23.1. The first-order chi connectivity index (χ1) is 11.0. The van der Waals surface area contributed by atoms with E-state index in [2.05, 4.69) is 5.32 Å². The van der Waals surface area contributed by atoms with Crippen LogP contribution in [0.4, 0.5) is 5.69 Å². The number of benzene rings is 1. The number of hydrogen-bond donors (Lipinski definition) is 1. The summed E-state index contributed by atoms with van der Waals surface area (Å²) in [5, 5.41) is 2.77. The Hall–Kier alpha value is -2.43. The third-order valence-corrected chi connectivity index (χ3v) is 4.41. The number of aryl methyl sites for hydroxylation is 2. The largest absolute Gasteiger partial charge is 0.325 e. The minimum Gasteiger partial charge on any atom is -0.325 e. The molecule has 2 aliphatic rings. The van der Waals surface area contributed by atoms with E-state index in [0.717, 1.165) is 16.0 Å². The molecule has 0 aromatic heterocycles. The fourth-order valence-electron chi connectivity index (χ4n) is 3.42. The molecule has 1 saturated heterocycles. The number of anilines is 1. The van der Waals surface area contributed by atoms with Crippen molar-refractivity contribution >= 4 is 23.4 Å². The van der Waals surface area contributed by atoms with Crippen LogP contribution >= 0.6 is 0 Å². The van der Waals surface area contributed by atoms with Crippen LogP contribution in [0.25, 0.3) is 0 Å². The number of likely N-dealkylation sites (tertiary alicyclic amines) is 1. The molecule has 1 N–H and O–H groups in total. The van der Waals surface area contributed by atoms with Crippen LogP contribution in [-0.2, 0) is 14.4 Å². The average Bonchev–Trinajstić information content (AvgIpc) is 2.72. The van der Waals surface area contributed by atoms with Gasteiger partial charge in [0.2, 0.25) is 17.7 Å². The smallest absolute Gasteiger partial charge is 0.244 e. The molecule has 5 nitrogen and oxygen atoms in total. The zero-order valence-electron chi connectivity index (χ0n) is 13.3. The summed E-state index contributed by atoms with van der Waals surface area (Å²) in [5.41, 5.74) is 2.78. The summed E-state index contributed by atoms with van der Waals surface area (Å²) in [5.74, 6) is -1.37. The molecular weight excluding hydrogens is 292 g/mol. The van der Waals surface area contributed by atoms with E-state index in [1.807, 2.05) is 44.2 Å². The van der Waals surface area contributed by atoms with Gasteiger partial charge in [0.25, 0.3) is 0 Å². The molecule has 3 rings (SSSR count). The Morgan fingerprint density at radius 2 is 1.57 bits per heavy atom. The summed E-state index contributed by atoms with van der Waals surface area (Å²) < 4.78 is 0. The summed E-state index contributed by atoms with van der Waals surface area (Å²) in [7, 11) is 0. The third-order valence-electron chi connectivity index (χ3n) is 4.41. The zero-order chi connectivity index (χ0) is 16.6. The van der Waals surface area contributed by atoms with E-state index >= 15 is 0 Å². The second-order valence-electron chi connectivity index (χ2n) is 6.34. The van der Waals surface area contributed by atoms with Gasteiger partial charge in [0, 0.05) is 5.69 Å². The average molecular weight is 312 g/mol. The van der Waals surface area contributed by atoms with Crippen molar-refractivity contribution in [1.82, 2.24) is 4.90 Å². The Labute approximate surface area is 135 Å². The monoisotopic (exact) mass is 312 g/mol. The first-order valence-electron chi connectivity index (χ1n) is 7.84. The van der Waals surface area contributed by atoms with Gasteiger partial charge in [0.05, 0.1) is 11.8 Å². The van der Waals surface area contributed by atoms with Crippen LogP contribution in [0, 0.1) is 25.7 Å². The first-order valence-corrected chi connectivity index (χ1v) is 7.84. The van der Waals surface area contributed by atoms with Gasteiger partial charge < -0.3 is 5.32 Å². The number of carbonyl (C=O) groups is 3. The van der Waals surface area contributed by atoms with Crippen LogP contribution in [0.3, 0.4) is 0 Å². The van der Waals surface area contributed by atoms with Crippen molar-refractivity contribution in [1.29, 1.82) is 0 Å². The topological polar surface area (TPSA) is 66.5 Å². The predicted molar refractivity (Wildman–Crippen MR) is 86.6 cm³/mol. The Bertz CT molecular complexity index is 662. The Morgan fingerprint density at radius 1 is 1.04 bits per heavy atom. The van der Waals surface area contributed by atoms with Gasteiger partial charge >= 0.3 is 0 Å². The second kappa shape index (κ2) is 5.99. The van der Waals surface area contributed by atoms with Gasteiger partial charge in [-0.1, -0.05) is 18.2 Å². The summed E-state index contributed by atoms with van der Waals surface area (Å²) >= 11 is 0. The summed E-state index contributed by atoms with van der Waals surface area (Å²) in [4.78, 5) is 38.0. The van der Waals surface area contributed by atoms with Crippen LogP contribution in [0.2, 0.25) is 0 Å². The maximum Gasteiger partial charge on any atom is 0.244 e. The second-order valence-corrected chi connectivity index (χ2v) is 6.34. The first kappa shape index (κ1) is 15.5. The van der Waals surface area contributed by atoms with E-state index in [9.17, 15) is 14.4 Å². The SMILES string of the molecule is Cc1cc(C)cc(NC(=O)CN2C(=O)[C@H]3CC=CC[C@@H]3C2=O)c1. The van der Waals surface area contributed by atoms with Gasteiger partial charge in [0.1, 0.15) is 6.54 Å². The number of hydrogen-bond acceptors (Lipinski definition) is 3. The molecule has 1 aromatic carbocycles. The fourth-order valence-corrected chi connectivity index (χ4v) is 3.42. The van der Waals surface area contributed by atoms with Crippen molar-refractivity contribution < 1.29 is 14.4 Å². The lowest BCUT2D eigenvalue weighted by Gasteiger charge is -2.15. The lowest BCUT2D eigenvalue weighted by Crippen LogP contribution is -2.38. The molecule has 5 heteroatoms. The molecule has 1 fully saturated rings. The molecule has 0 bridgehead atoms. The summed E-state index contributed by atoms with van der Waals surface area (Å²) in [6, 6.07) is 5.74. The maximum atomic E-state index is 12.3. The van der Waals surface area contributed by atoms with Crippen molar-refractivity contribution in [3.8, 4) is 0 Å². The highest BCUT2D eigenvalue weighted by atomic mass is 16.2. The number of allylic oxidation sites excluding steroid dienone is 2. The molecule has 1 aliphatic carbocycles. The van der Waals surface area contributed by atoms with E-state index in [4.69, 9.17) is 0 Å². The summed E-state index contributed by atoms with van der Waals surface area (Å²) in [6.07, 6.45) is 5.05. The fraction of sp³-hybridized carbons (Fsp3) is 0.389. The lowest BCUT2D eigenvalue weighted by molar-refractivity contribution is -0.142. The minimum absolute atomic E-state index is 0.211. The molecule has 3 amide bonds. The number of rotatable bonds is 3. The van der Waals surface area contributed by atoms with Crippen LogP contribution in [0.1, 0.15) is 24.0 Å². The highest BCUT2D eigenvalue weighted by Gasteiger charge is 2.47. The van der Waals surface area contributed by atoms with E-state index < -0.39 is 0 Å². The lowest BCUT2D eigenvalue weighted by atomic mass is 9.85. The van der Waals surface area contributed by atoms with Crippen molar-refractivity contribution in [2.24, 2.45) is 11.8 Å². The number of carbonyl (C=O) groups excluding carboxylic acids is 3. The highest BCUT2D eigenvalue weighted by molar-refractivity contribution is 6.08. The minimum atomic E-state index is -0.344. The van der Waals surface area contributed by atoms with E-state index in [1.54, 1.807) is 0 Å². The van der Waals surface area contributed by atoms with E-state index in [0.29, 0.717) is 18.5 Å². The molecule has 0 unspecified atom stereocenters. The van der Waals surface area contributed by atoms with Gasteiger partial charge in [-0.25, -0.2) is 0 Å². The molecule has 23 heavy (non-hydrogen) atoms. The molecular formula is C18H20N2O3. The van der Waals surface area contributed by atoms with Gasteiger partial charge in [-0.15, -0.1) is 0 Å². The summed E-state index contributed by atoms with van der Waals surface area (Å²) in [6.45, 7) is 3.69. The Kier molecular flexibility index (Phi) is 4.03. The molecule has 120 valence electrons. The van der Waals surface area contributed by atoms with Crippen molar-refractivity contribution in [2.45, 2.75) is 26.7 Å². The standard InChI is InChI=1S/C18H20N2O3/c1-11-7-12(2)9-13(8-11)19-16(21)10-20-17(22)14-5-3-4-6-15(14)18(20)23/h3-4,7-9,14-15H,5-6,10H2,1-2H3,(H,19,21)/t14-,15-/m0/s1. The molecule has 0 spiro atoms.